The molecule has 0 atom stereocenters. The van der Waals surface area contributed by atoms with Crippen molar-refractivity contribution in [2.45, 2.75) is 39.2 Å². The van der Waals surface area contributed by atoms with Crippen LogP contribution in [0.2, 0.25) is 0 Å². The predicted molar refractivity (Wildman–Crippen MR) is 143 cm³/mol. The maximum absolute atomic E-state index is 12.9. The lowest BCUT2D eigenvalue weighted by Crippen LogP contribution is -2.47. The Balaban J connectivity index is 0.000000349. The molecule has 2 aliphatic rings. The lowest BCUT2D eigenvalue weighted by Gasteiger charge is -2.35. The van der Waals surface area contributed by atoms with E-state index >= 15 is 0 Å². The minimum atomic E-state index is -1.26. The summed E-state index contributed by atoms with van der Waals surface area (Å²) < 4.78 is 7.86. The van der Waals surface area contributed by atoms with Gasteiger partial charge in [0.1, 0.15) is 11.6 Å². The number of carboxylic acid groups (broad SMARTS) is 2. The van der Waals surface area contributed by atoms with Gasteiger partial charge in [0.05, 0.1) is 4.70 Å². The van der Waals surface area contributed by atoms with Gasteiger partial charge in [-0.05, 0) is 49.9 Å². The van der Waals surface area contributed by atoms with E-state index in [1.165, 1.54) is 10.1 Å². The van der Waals surface area contributed by atoms with E-state index in [9.17, 15) is 14.4 Å². The summed E-state index contributed by atoms with van der Waals surface area (Å²) >= 11 is 1.58. The Hall–Kier alpha value is -3.57. The van der Waals surface area contributed by atoms with Gasteiger partial charge in [0.15, 0.2) is 0 Å². The number of carbonyl (C=O) groups is 2. The van der Waals surface area contributed by atoms with E-state index in [4.69, 9.17) is 19.6 Å². The van der Waals surface area contributed by atoms with Gasteiger partial charge in [0.2, 0.25) is 0 Å². The molecule has 1 fully saturated rings. The summed E-state index contributed by atoms with van der Waals surface area (Å²) in [6, 6.07) is 8.46. The first-order chi connectivity index (χ1) is 17.8. The molecule has 0 aliphatic carbocycles. The standard InChI is InChI=1S/C22H27N5OS.C4H4O4/c1-16-17(22(28)27-10-5-4-8-20(27)23-16)9-11-25-12-14-26(15-13-25)21-18-6-2-3-7-19(18)29-24-21;5-3(6)1-2-4(7)8/h2-3,6-7H,4-5,8-15H2,1H3;1-2H,(H,5,6)(H,7,8)/b;2-1+. The molecule has 1 saturated heterocycles. The molecule has 2 aromatic heterocycles. The number of piperazine rings is 1. The number of hydrogen-bond acceptors (Lipinski definition) is 8. The molecule has 0 unspecified atom stereocenters. The zero-order chi connectivity index (χ0) is 26.4. The summed E-state index contributed by atoms with van der Waals surface area (Å²) in [5.74, 6) is -0.412. The van der Waals surface area contributed by atoms with Crippen LogP contribution in [0.15, 0.2) is 41.2 Å². The van der Waals surface area contributed by atoms with Crippen molar-refractivity contribution in [2.75, 3.05) is 37.6 Å². The van der Waals surface area contributed by atoms with Crippen molar-refractivity contribution < 1.29 is 19.8 Å². The smallest absolute Gasteiger partial charge is 0.328 e. The summed E-state index contributed by atoms with van der Waals surface area (Å²) in [4.78, 5) is 41.6. The fourth-order valence-corrected chi connectivity index (χ4v) is 5.51. The Morgan fingerprint density at radius 2 is 1.73 bits per heavy atom. The van der Waals surface area contributed by atoms with Crippen LogP contribution in [-0.2, 0) is 29.0 Å². The van der Waals surface area contributed by atoms with Crippen LogP contribution in [0.5, 0.6) is 0 Å². The lowest BCUT2D eigenvalue weighted by molar-refractivity contribution is -0.134. The minimum absolute atomic E-state index is 0.194. The third-order valence-corrected chi connectivity index (χ3v) is 7.47. The molecule has 2 aliphatic heterocycles. The molecular weight excluding hydrogens is 494 g/mol. The SMILES string of the molecule is Cc1nc2n(c(=O)c1CCN1CCN(c3nsc4ccccc34)CC1)CCCC2.O=C(O)/C=C/C(=O)O. The van der Waals surface area contributed by atoms with Crippen LogP contribution < -0.4 is 10.5 Å². The van der Waals surface area contributed by atoms with Gasteiger partial charge in [-0.3, -0.25) is 14.3 Å². The number of hydrogen-bond donors (Lipinski definition) is 2. The van der Waals surface area contributed by atoms with Gasteiger partial charge in [-0.2, -0.15) is 4.37 Å². The molecule has 37 heavy (non-hydrogen) atoms. The zero-order valence-electron chi connectivity index (χ0n) is 20.8. The van der Waals surface area contributed by atoms with Crippen LogP contribution in [0.25, 0.3) is 10.1 Å². The highest BCUT2D eigenvalue weighted by molar-refractivity contribution is 7.13. The van der Waals surface area contributed by atoms with Crippen LogP contribution in [-0.4, -0.2) is 73.7 Å². The van der Waals surface area contributed by atoms with Crippen LogP contribution in [0.4, 0.5) is 5.82 Å². The average molecular weight is 526 g/mol. The molecule has 10 nitrogen and oxygen atoms in total. The van der Waals surface area contributed by atoms with Gasteiger partial charge < -0.3 is 15.1 Å². The normalized spacial score (nSPS) is 15.9. The molecular formula is C26H31N5O5S. The van der Waals surface area contributed by atoms with E-state index < -0.39 is 11.9 Å². The van der Waals surface area contributed by atoms with Crippen molar-refractivity contribution in [3.05, 3.63) is 63.9 Å². The second-order valence-electron chi connectivity index (χ2n) is 9.10. The van der Waals surface area contributed by atoms with Gasteiger partial charge in [-0.15, -0.1) is 0 Å². The first kappa shape index (κ1) is 26.5. The maximum Gasteiger partial charge on any atom is 0.328 e. The van der Waals surface area contributed by atoms with Gasteiger partial charge in [0, 0.05) is 74.5 Å². The molecule has 0 saturated carbocycles. The van der Waals surface area contributed by atoms with Gasteiger partial charge in [0.25, 0.3) is 5.56 Å². The Bertz CT molecular complexity index is 1340. The van der Waals surface area contributed by atoms with Crippen molar-refractivity contribution >= 4 is 39.4 Å². The topological polar surface area (TPSA) is 129 Å². The second kappa shape index (κ2) is 12.1. The van der Waals surface area contributed by atoms with Gasteiger partial charge in [-0.1, -0.05) is 12.1 Å². The number of carboxylic acids is 2. The first-order valence-electron chi connectivity index (χ1n) is 12.4. The van der Waals surface area contributed by atoms with Crippen molar-refractivity contribution in [2.24, 2.45) is 0 Å². The molecule has 0 amide bonds. The third-order valence-electron chi connectivity index (χ3n) is 6.66. The molecule has 2 N–H and O–H groups in total. The Morgan fingerprint density at radius 3 is 2.43 bits per heavy atom. The highest BCUT2D eigenvalue weighted by Crippen LogP contribution is 2.29. The summed E-state index contributed by atoms with van der Waals surface area (Å²) in [7, 11) is 0. The monoisotopic (exact) mass is 525 g/mol. The molecule has 0 spiro atoms. The molecule has 0 radical (unpaired) electrons. The molecule has 1 aromatic carbocycles. The van der Waals surface area contributed by atoms with Crippen LogP contribution in [0.3, 0.4) is 0 Å². The molecule has 11 heteroatoms. The van der Waals surface area contributed by atoms with Crippen LogP contribution in [0.1, 0.15) is 29.9 Å². The number of nitrogens with zero attached hydrogens (tertiary/aromatic N) is 5. The second-order valence-corrected chi connectivity index (χ2v) is 9.90. The average Bonchev–Trinajstić information content (AvgIpc) is 3.32. The van der Waals surface area contributed by atoms with E-state index in [0.29, 0.717) is 12.2 Å². The molecule has 0 bridgehead atoms. The number of rotatable bonds is 6. The number of aromatic nitrogens is 3. The molecule has 3 aromatic rings. The number of anilines is 1. The summed E-state index contributed by atoms with van der Waals surface area (Å²) in [5.41, 5.74) is 2.03. The van der Waals surface area contributed by atoms with Crippen LogP contribution >= 0.6 is 11.5 Å². The number of fused-ring (bicyclic) bond motifs is 2. The molecule has 5 rings (SSSR count). The number of benzene rings is 1. The highest BCUT2D eigenvalue weighted by atomic mass is 32.1. The largest absolute Gasteiger partial charge is 0.478 e. The Kier molecular flexibility index (Phi) is 8.67. The van der Waals surface area contributed by atoms with Gasteiger partial charge >= 0.3 is 11.9 Å². The molecule has 4 heterocycles. The van der Waals surface area contributed by atoms with Crippen molar-refractivity contribution in [3.63, 3.8) is 0 Å². The third kappa shape index (κ3) is 6.60. The number of aliphatic carboxylic acids is 2. The summed E-state index contributed by atoms with van der Waals surface area (Å²) in [6.45, 7) is 7.71. The molecule has 196 valence electrons. The van der Waals surface area contributed by atoms with Gasteiger partial charge in [-0.25, -0.2) is 14.6 Å². The summed E-state index contributed by atoms with van der Waals surface area (Å²) in [6.07, 6.45) is 5.07. The zero-order valence-corrected chi connectivity index (χ0v) is 21.6. The Morgan fingerprint density at radius 1 is 1.03 bits per heavy atom. The Labute approximate surface area is 218 Å². The van der Waals surface area contributed by atoms with Crippen molar-refractivity contribution in [3.8, 4) is 0 Å². The lowest BCUT2D eigenvalue weighted by atomic mass is 10.1. The highest BCUT2D eigenvalue weighted by Gasteiger charge is 2.22. The van der Waals surface area contributed by atoms with E-state index in [1.807, 2.05) is 11.5 Å². The van der Waals surface area contributed by atoms with Crippen LogP contribution in [0, 0.1) is 6.92 Å². The quantitative estimate of drug-likeness (QED) is 0.467. The van der Waals surface area contributed by atoms with Crippen molar-refractivity contribution in [1.29, 1.82) is 0 Å². The van der Waals surface area contributed by atoms with E-state index in [0.717, 1.165) is 87.9 Å². The summed E-state index contributed by atoms with van der Waals surface area (Å²) in [5, 5.41) is 16.9. The fourth-order valence-electron chi connectivity index (χ4n) is 4.72. The minimum Gasteiger partial charge on any atom is -0.478 e. The first-order valence-corrected chi connectivity index (χ1v) is 13.2. The van der Waals surface area contributed by atoms with Crippen molar-refractivity contribution in [1.82, 2.24) is 18.8 Å². The fraction of sp³-hybridized carbons (Fsp3) is 0.423. The van der Waals surface area contributed by atoms with E-state index in [1.54, 1.807) is 11.5 Å². The van der Waals surface area contributed by atoms with E-state index in [2.05, 4.69) is 34.1 Å². The predicted octanol–water partition coefficient (Wildman–Crippen LogP) is 2.57. The maximum atomic E-state index is 12.9. The van der Waals surface area contributed by atoms with E-state index in [-0.39, 0.29) is 5.56 Å². The number of aryl methyl sites for hydroxylation is 2.